The molecule has 0 saturated heterocycles. The second kappa shape index (κ2) is 7.51. The molecule has 0 aliphatic heterocycles. The maximum absolute atomic E-state index is 12.7. The number of carbonyl (C=O) groups is 2. The highest BCUT2D eigenvalue weighted by molar-refractivity contribution is 6.01. The van der Waals surface area contributed by atoms with Crippen molar-refractivity contribution in [3.63, 3.8) is 0 Å². The molecule has 0 unspecified atom stereocenters. The molecule has 4 heteroatoms. The Morgan fingerprint density at radius 3 is 2.32 bits per heavy atom. The first-order chi connectivity index (χ1) is 12.2. The van der Waals surface area contributed by atoms with Crippen molar-refractivity contribution in [3.8, 4) is 0 Å². The number of carbonyl (C=O) groups excluding carboxylic acids is 2. The number of hydrogen-bond donors (Lipinski definition) is 1. The van der Waals surface area contributed by atoms with E-state index in [-0.39, 0.29) is 11.9 Å². The Bertz CT molecular complexity index is 733. The predicted molar refractivity (Wildman–Crippen MR) is 97.6 cm³/mol. The summed E-state index contributed by atoms with van der Waals surface area (Å²) in [5.74, 6) is -0.314. The Morgan fingerprint density at radius 1 is 1.04 bits per heavy atom. The van der Waals surface area contributed by atoms with Gasteiger partial charge in [0.25, 0.3) is 0 Å². The zero-order valence-corrected chi connectivity index (χ0v) is 14.5. The van der Waals surface area contributed by atoms with Crippen LogP contribution in [0, 0.1) is 0 Å². The molecule has 1 saturated carbocycles. The van der Waals surface area contributed by atoms with E-state index in [0.717, 1.165) is 31.2 Å². The van der Waals surface area contributed by atoms with Gasteiger partial charge in [0.2, 0.25) is 5.91 Å². The molecule has 4 nitrogen and oxygen atoms in total. The van der Waals surface area contributed by atoms with Crippen molar-refractivity contribution < 1.29 is 14.3 Å². The lowest BCUT2D eigenvalue weighted by atomic mass is 9.95. The lowest BCUT2D eigenvalue weighted by Gasteiger charge is -2.16. The summed E-state index contributed by atoms with van der Waals surface area (Å²) in [5, 5.41) is 2.97. The first-order valence-corrected chi connectivity index (χ1v) is 8.80. The standard InChI is InChI=1S/C21H23NO3/c1-2-3-15-25-19(23)16-9-11-18(12-10-16)22-20(24)21(13-14-21)17-7-5-4-6-8-17/h4-12H,2-3,13-15H2,1H3,(H,22,24). The summed E-state index contributed by atoms with van der Waals surface area (Å²) in [7, 11) is 0. The summed E-state index contributed by atoms with van der Waals surface area (Å²) in [4.78, 5) is 24.6. The van der Waals surface area contributed by atoms with E-state index >= 15 is 0 Å². The van der Waals surface area contributed by atoms with Gasteiger partial charge in [0.15, 0.2) is 0 Å². The van der Waals surface area contributed by atoms with Crippen molar-refractivity contribution in [2.24, 2.45) is 0 Å². The van der Waals surface area contributed by atoms with Gasteiger partial charge in [0.1, 0.15) is 0 Å². The van der Waals surface area contributed by atoms with E-state index in [0.29, 0.717) is 17.9 Å². The number of amides is 1. The van der Waals surface area contributed by atoms with Crippen molar-refractivity contribution in [1.29, 1.82) is 0 Å². The van der Waals surface area contributed by atoms with Gasteiger partial charge in [-0.3, -0.25) is 4.79 Å². The van der Waals surface area contributed by atoms with E-state index in [2.05, 4.69) is 5.32 Å². The normalized spacial score (nSPS) is 14.6. The number of rotatable bonds is 7. The molecule has 2 aromatic rings. The van der Waals surface area contributed by atoms with Crippen LogP contribution in [0.4, 0.5) is 5.69 Å². The molecule has 1 aliphatic carbocycles. The Hall–Kier alpha value is -2.62. The van der Waals surface area contributed by atoms with Gasteiger partial charge in [-0.2, -0.15) is 0 Å². The van der Waals surface area contributed by atoms with Gasteiger partial charge >= 0.3 is 5.97 Å². The molecular weight excluding hydrogens is 314 g/mol. The van der Waals surface area contributed by atoms with Crippen LogP contribution in [0.5, 0.6) is 0 Å². The number of esters is 1. The maximum Gasteiger partial charge on any atom is 0.338 e. The zero-order valence-electron chi connectivity index (χ0n) is 14.5. The van der Waals surface area contributed by atoms with Crippen molar-refractivity contribution in [1.82, 2.24) is 0 Å². The molecule has 1 N–H and O–H groups in total. The molecule has 1 fully saturated rings. The molecule has 0 aromatic heterocycles. The topological polar surface area (TPSA) is 55.4 Å². The molecule has 0 spiro atoms. The number of hydrogen-bond acceptors (Lipinski definition) is 3. The number of unbranched alkanes of at least 4 members (excludes halogenated alkanes) is 1. The van der Waals surface area contributed by atoms with E-state index in [4.69, 9.17) is 4.74 Å². The quantitative estimate of drug-likeness (QED) is 0.605. The number of benzene rings is 2. The van der Waals surface area contributed by atoms with Gasteiger partial charge in [-0.15, -0.1) is 0 Å². The van der Waals surface area contributed by atoms with Gasteiger partial charge in [-0.1, -0.05) is 43.7 Å². The molecular formula is C21H23NO3. The number of anilines is 1. The van der Waals surface area contributed by atoms with Crippen molar-refractivity contribution in [2.75, 3.05) is 11.9 Å². The third-order valence-corrected chi connectivity index (χ3v) is 4.62. The highest BCUT2D eigenvalue weighted by atomic mass is 16.5. The molecule has 1 amide bonds. The molecule has 0 atom stereocenters. The van der Waals surface area contributed by atoms with Crippen LogP contribution in [-0.4, -0.2) is 18.5 Å². The van der Waals surface area contributed by atoms with Crippen molar-refractivity contribution >= 4 is 17.6 Å². The summed E-state index contributed by atoms with van der Waals surface area (Å²) in [6.45, 7) is 2.49. The maximum atomic E-state index is 12.7. The van der Waals surface area contributed by atoms with Crippen LogP contribution in [0.2, 0.25) is 0 Å². The van der Waals surface area contributed by atoms with Crippen LogP contribution in [0.25, 0.3) is 0 Å². The second-order valence-electron chi connectivity index (χ2n) is 6.47. The Kier molecular flexibility index (Phi) is 5.17. The van der Waals surface area contributed by atoms with Crippen LogP contribution < -0.4 is 5.32 Å². The highest BCUT2D eigenvalue weighted by Gasteiger charge is 2.51. The second-order valence-corrected chi connectivity index (χ2v) is 6.47. The average molecular weight is 337 g/mol. The number of ether oxygens (including phenoxy) is 1. The van der Waals surface area contributed by atoms with Crippen LogP contribution in [0.15, 0.2) is 54.6 Å². The van der Waals surface area contributed by atoms with E-state index < -0.39 is 5.41 Å². The van der Waals surface area contributed by atoms with Gasteiger partial charge < -0.3 is 10.1 Å². The van der Waals surface area contributed by atoms with E-state index in [9.17, 15) is 9.59 Å². The Balaban J connectivity index is 1.62. The molecule has 0 heterocycles. The van der Waals surface area contributed by atoms with Crippen LogP contribution >= 0.6 is 0 Å². The molecule has 0 bridgehead atoms. The minimum absolute atomic E-state index is 0.0111. The van der Waals surface area contributed by atoms with Crippen LogP contribution in [0.3, 0.4) is 0 Å². The van der Waals surface area contributed by atoms with Crippen molar-refractivity contribution in [3.05, 3.63) is 65.7 Å². The third kappa shape index (κ3) is 3.90. The fourth-order valence-corrected chi connectivity index (χ4v) is 2.86. The molecule has 25 heavy (non-hydrogen) atoms. The molecule has 130 valence electrons. The lowest BCUT2D eigenvalue weighted by molar-refractivity contribution is -0.118. The Morgan fingerprint density at radius 2 is 1.72 bits per heavy atom. The average Bonchev–Trinajstić information content (AvgIpc) is 3.45. The fraction of sp³-hybridized carbons (Fsp3) is 0.333. The predicted octanol–water partition coefficient (Wildman–Crippen LogP) is 4.31. The minimum atomic E-state index is -0.404. The van der Waals surface area contributed by atoms with E-state index in [1.165, 1.54) is 0 Å². The van der Waals surface area contributed by atoms with Gasteiger partial charge in [-0.25, -0.2) is 4.79 Å². The fourth-order valence-electron chi connectivity index (χ4n) is 2.86. The first-order valence-electron chi connectivity index (χ1n) is 8.80. The summed E-state index contributed by atoms with van der Waals surface area (Å²) in [6.07, 6.45) is 3.58. The largest absolute Gasteiger partial charge is 0.462 e. The molecule has 2 aromatic carbocycles. The summed E-state index contributed by atoms with van der Waals surface area (Å²) in [6, 6.07) is 16.7. The van der Waals surface area contributed by atoms with Crippen LogP contribution in [-0.2, 0) is 14.9 Å². The van der Waals surface area contributed by atoms with Crippen molar-refractivity contribution in [2.45, 2.75) is 38.0 Å². The van der Waals surface area contributed by atoms with E-state index in [1.807, 2.05) is 37.3 Å². The summed E-state index contributed by atoms with van der Waals surface area (Å²) >= 11 is 0. The highest BCUT2D eigenvalue weighted by Crippen LogP contribution is 2.48. The van der Waals surface area contributed by atoms with Gasteiger partial charge in [-0.05, 0) is 49.1 Å². The monoisotopic (exact) mass is 337 g/mol. The molecule has 1 aliphatic rings. The minimum Gasteiger partial charge on any atom is -0.462 e. The number of nitrogens with one attached hydrogen (secondary N) is 1. The lowest BCUT2D eigenvalue weighted by Crippen LogP contribution is -2.27. The summed E-state index contributed by atoms with van der Waals surface area (Å²) < 4.78 is 5.19. The summed E-state index contributed by atoms with van der Waals surface area (Å²) in [5.41, 5.74) is 1.85. The third-order valence-electron chi connectivity index (χ3n) is 4.62. The first kappa shape index (κ1) is 17.2. The molecule has 0 radical (unpaired) electrons. The van der Waals surface area contributed by atoms with Gasteiger partial charge in [0, 0.05) is 5.69 Å². The zero-order chi connectivity index (χ0) is 17.7. The van der Waals surface area contributed by atoms with E-state index in [1.54, 1.807) is 24.3 Å². The van der Waals surface area contributed by atoms with Crippen LogP contribution in [0.1, 0.15) is 48.5 Å². The SMILES string of the molecule is CCCCOC(=O)c1ccc(NC(=O)C2(c3ccccc3)CC2)cc1. The smallest absolute Gasteiger partial charge is 0.338 e. The Labute approximate surface area is 148 Å². The molecule has 3 rings (SSSR count). The van der Waals surface area contributed by atoms with Gasteiger partial charge in [0.05, 0.1) is 17.6 Å².